The lowest BCUT2D eigenvalue weighted by molar-refractivity contribution is 0.148. The summed E-state index contributed by atoms with van der Waals surface area (Å²) >= 11 is 0. The van der Waals surface area contributed by atoms with Crippen LogP contribution in [0, 0.1) is 0 Å². The van der Waals surface area contributed by atoms with Gasteiger partial charge in [0.25, 0.3) is 0 Å². The van der Waals surface area contributed by atoms with Gasteiger partial charge < -0.3 is 9.64 Å². The molecular weight excluding hydrogens is 162 g/mol. The van der Waals surface area contributed by atoms with Crippen LogP contribution in [0.3, 0.4) is 0 Å². The Bertz CT molecular complexity index is 223. The van der Waals surface area contributed by atoms with Crippen molar-refractivity contribution < 1.29 is 4.74 Å². The van der Waals surface area contributed by atoms with Crippen molar-refractivity contribution in [2.45, 2.75) is 13.8 Å². The number of hydrogen-bond acceptors (Lipinski definition) is 2. The molecule has 13 heavy (non-hydrogen) atoms. The highest BCUT2D eigenvalue weighted by molar-refractivity contribution is 5.45. The smallest absolute Gasteiger partial charge is 0.118 e. The van der Waals surface area contributed by atoms with Gasteiger partial charge in [0.15, 0.2) is 0 Å². The predicted molar refractivity (Wildman–Crippen MR) is 56.0 cm³/mol. The first kappa shape index (κ1) is 10.1. The molecule has 72 valence electrons. The third-order valence-corrected chi connectivity index (χ3v) is 1.95. The van der Waals surface area contributed by atoms with Crippen molar-refractivity contribution >= 4 is 5.69 Å². The van der Waals surface area contributed by atoms with E-state index in [4.69, 9.17) is 4.74 Å². The van der Waals surface area contributed by atoms with Crippen molar-refractivity contribution in [1.29, 1.82) is 0 Å². The van der Waals surface area contributed by atoms with Crippen LogP contribution in [0.2, 0.25) is 0 Å². The first-order valence-electron chi connectivity index (χ1n) is 4.76. The maximum atomic E-state index is 5.37. The molecule has 2 heteroatoms. The SMILES string of the molecule is CCOCN(CC)c1ccccc1. The lowest BCUT2D eigenvalue weighted by Gasteiger charge is -2.22. The molecule has 2 nitrogen and oxygen atoms in total. The summed E-state index contributed by atoms with van der Waals surface area (Å²) in [4.78, 5) is 2.20. The Kier molecular flexibility index (Phi) is 4.33. The van der Waals surface area contributed by atoms with Gasteiger partial charge in [-0.3, -0.25) is 0 Å². The van der Waals surface area contributed by atoms with Crippen LogP contribution >= 0.6 is 0 Å². The molecule has 0 saturated carbocycles. The molecule has 0 amide bonds. The van der Waals surface area contributed by atoms with Crippen molar-refractivity contribution in [1.82, 2.24) is 0 Å². The zero-order valence-corrected chi connectivity index (χ0v) is 8.36. The minimum absolute atomic E-state index is 0.678. The summed E-state index contributed by atoms with van der Waals surface area (Å²) in [5.41, 5.74) is 1.22. The molecule has 1 rings (SSSR count). The van der Waals surface area contributed by atoms with E-state index in [1.54, 1.807) is 0 Å². The monoisotopic (exact) mass is 179 g/mol. The highest BCUT2D eigenvalue weighted by Crippen LogP contribution is 2.11. The van der Waals surface area contributed by atoms with Gasteiger partial charge in [0, 0.05) is 18.8 Å². The highest BCUT2D eigenvalue weighted by Gasteiger charge is 2.01. The predicted octanol–water partition coefficient (Wildman–Crippen LogP) is 2.51. The number of para-hydroxylation sites is 1. The maximum absolute atomic E-state index is 5.37. The van der Waals surface area contributed by atoms with Crippen molar-refractivity contribution in [3.63, 3.8) is 0 Å². The number of benzene rings is 1. The van der Waals surface area contributed by atoms with Crippen LogP contribution in [-0.4, -0.2) is 19.9 Å². The molecule has 0 N–H and O–H groups in total. The standard InChI is InChI=1S/C11H17NO/c1-3-12(10-13-4-2)11-8-6-5-7-9-11/h5-9H,3-4,10H2,1-2H3. The Balaban J connectivity index is 2.56. The first-order chi connectivity index (χ1) is 6.38. The van der Waals surface area contributed by atoms with Crippen LogP contribution < -0.4 is 4.90 Å². The minimum atomic E-state index is 0.678. The minimum Gasteiger partial charge on any atom is -0.361 e. The molecule has 1 aromatic carbocycles. The normalized spacial score (nSPS) is 10.0. The summed E-state index contributed by atoms with van der Waals surface area (Å²) in [6, 6.07) is 10.3. The summed E-state index contributed by atoms with van der Waals surface area (Å²) in [7, 11) is 0. The summed E-state index contributed by atoms with van der Waals surface area (Å²) in [5, 5.41) is 0. The fraction of sp³-hybridized carbons (Fsp3) is 0.455. The van der Waals surface area contributed by atoms with E-state index in [-0.39, 0.29) is 0 Å². The zero-order valence-electron chi connectivity index (χ0n) is 8.36. The van der Waals surface area contributed by atoms with Crippen molar-refractivity contribution in [3.8, 4) is 0 Å². The highest BCUT2D eigenvalue weighted by atomic mass is 16.5. The number of ether oxygens (including phenoxy) is 1. The van der Waals surface area contributed by atoms with E-state index in [1.807, 2.05) is 25.1 Å². The summed E-state index contributed by atoms with van der Waals surface area (Å²) in [5.74, 6) is 0. The Morgan fingerprint density at radius 2 is 1.85 bits per heavy atom. The summed E-state index contributed by atoms with van der Waals surface area (Å²) in [6.45, 7) is 6.56. The van der Waals surface area contributed by atoms with Gasteiger partial charge in [-0.1, -0.05) is 18.2 Å². The number of rotatable bonds is 5. The van der Waals surface area contributed by atoms with Gasteiger partial charge in [0.05, 0.1) is 0 Å². The van der Waals surface area contributed by atoms with Gasteiger partial charge in [-0.15, -0.1) is 0 Å². The first-order valence-corrected chi connectivity index (χ1v) is 4.76. The van der Waals surface area contributed by atoms with Gasteiger partial charge in [-0.05, 0) is 26.0 Å². The Morgan fingerprint density at radius 3 is 2.38 bits per heavy atom. The largest absolute Gasteiger partial charge is 0.361 e. The van der Waals surface area contributed by atoms with Crippen LogP contribution in [0.15, 0.2) is 30.3 Å². The zero-order chi connectivity index (χ0) is 9.52. The fourth-order valence-corrected chi connectivity index (χ4v) is 1.19. The van der Waals surface area contributed by atoms with E-state index in [0.717, 1.165) is 13.2 Å². The Labute approximate surface area is 80.1 Å². The molecule has 0 atom stereocenters. The average Bonchev–Trinajstić information content (AvgIpc) is 2.21. The molecule has 1 aromatic rings. The molecule has 0 bridgehead atoms. The molecule has 0 aliphatic rings. The molecule has 0 radical (unpaired) electrons. The molecular formula is C11H17NO. The summed E-state index contributed by atoms with van der Waals surface area (Å²) in [6.07, 6.45) is 0. The average molecular weight is 179 g/mol. The van der Waals surface area contributed by atoms with Gasteiger partial charge in [0.2, 0.25) is 0 Å². The van der Waals surface area contributed by atoms with E-state index >= 15 is 0 Å². The van der Waals surface area contributed by atoms with Crippen molar-refractivity contribution in [2.75, 3.05) is 24.8 Å². The van der Waals surface area contributed by atoms with E-state index in [2.05, 4.69) is 24.0 Å². The molecule has 0 aliphatic carbocycles. The summed E-state index contributed by atoms with van der Waals surface area (Å²) < 4.78 is 5.37. The van der Waals surface area contributed by atoms with Crippen LogP contribution in [0.5, 0.6) is 0 Å². The van der Waals surface area contributed by atoms with Gasteiger partial charge >= 0.3 is 0 Å². The number of hydrogen-bond donors (Lipinski definition) is 0. The van der Waals surface area contributed by atoms with E-state index < -0.39 is 0 Å². The molecule has 0 spiro atoms. The Hall–Kier alpha value is -1.02. The molecule has 0 fully saturated rings. The quantitative estimate of drug-likeness (QED) is 0.644. The molecule has 0 heterocycles. The molecule has 0 unspecified atom stereocenters. The fourth-order valence-electron chi connectivity index (χ4n) is 1.19. The van der Waals surface area contributed by atoms with Gasteiger partial charge in [-0.25, -0.2) is 0 Å². The van der Waals surface area contributed by atoms with E-state index in [1.165, 1.54) is 5.69 Å². The number of anilines is 1. The van der Waals surface area contributed by atoms with Crippen LogP contribution in [-0.2, 0) is 4.74 Å². The van der Waals surface area contributed by atoms with Gasteiger partial charge in [0.1, 0.15) is 6.73 Å². The van der Waals surface area contributed by atoms with Crippen LogP contribution in [0.1, 0.15) is 13.8 Å². The van der Waals surface area contributed by atoms with Crippen LogP contribution in [0.4, 0.5) is 5.69 Å². The van der Waals surface area contributed by atoms with E-state index in [0.29, 0.717) is 6.73 Å². The second kappa shape index (κ2) is 5.60. The maximum Gasteiger partial charge on any atom is 0.118 e. The molecule has 0 saturated heterocycles. The lowest BCUT2D eigenvalue weighted by Crippen LogP contribution is -2.25. The van der Waals surface area contributed by atoms with Gasteiger partial charge in [-0.2, -0.15) is 0 Å². The van der Waals surface area contributed by atoms with E-state index in [9.17, 15) is 0 Å². The third kappa shape index (κ3) is 3.07. The molecule has 0 aromatic heterocycles. The number of nitrogens with zero attached hydrogens (tertiary/aromatic N) is 1. The lowest BCUT2D eigenvalue weighted by atomic mass is 10.3. The van der Waals surface area contributed by atoms with Crippen LogP contribution in [0.25, 0.3) is 0 Å². The third-order valence-electron chi connectivity index (χ3n) is 1.95. The second-order valence-electron chi connectivity index (χ2n) is 2.81. The second-order valence-corrected chi connectivity index (χ2v) is 2.81. The Morgan fingerprint density at radius 1 is 1.15 bits per heavy atom. The van der Waals surface area contributed by atoms with Crippen molar-refractivity contribution in [2.24, 2.45) is 0 Å². The molecule has 0 aliphatic heterocycles. The van der Waals surface area contributed by atoms with Crippen molar-refractivity contribution in [3.05, 3.63) is 30.3 Å². The topological polar surface area (TPSA) is 12.5 Å².